The number of carbonyl (C=O) groups is 1. The zero-order chi connectivity index (χ0) is 15.1. The maximum Gasteiger partial charge on any atom is 0.261 e. The molecule has 0 aliphatic heterocycles. The Morgan fingerprint density at radius 1 is 1.50 bits per heavy atom. The third-order valence-corrected chi connectivity index (χ3v) is 2.98. The molecular formula is C15H21FN2O2. The summed E-state index contributed by atoms with van der Waals surface area (Å²) in [4.78, 5) is 11.6. The maximum atomic E-state index is 13.9. The SMILES string of the molecule is C=CCNC(=O)C(C)Oc1ccc(C(C)NC)cc1F. The van der Waals surface area contributed by atoms with Crippen molar-refractivity contribution in [3.8, 4) is 5.75 Å². The lowest BCUT2D eigenvalue weighted by molar-refractivity contribution is -0.127. The van der Waals surface area contributed by atoms with E-state index < -0.39 is 11.9 Å². The van der Waals surface area contributed by atoms with Gasteiger partial charge in [-0.2, -0.15) is 0 Å². The number of nitrogens with one attached hydrogen (secondary N) is 2. The Hall–Kier alpha value is -1.88. The fourth-order valence-corrected chi connectivity index (χ4v) is 1.61. The monoisotopic (exact) mass is 280 g/mol. The van der Waals surface area contributed by atoms with Gasteiger partial charge >= 0.3 is 0 Å². The van der Waals surface area contributed by atoms with Gasteiger partial charge in [0.1, 0.15) is 0 Å². The van der Waals surface area contributed by atoms with E-state index in [4.69, 9.17) is 4.74 Å². The lowest BCUT2D eigenvalue weighted by Crippen LogP contribution is -2.36. The molecule has 0 aromatic heterocycles. The molecule has 1 amide bonds. The van der Waals surface area contributed by atoms with Gasteiger partial charge in [0.2, 0.25) is 0 Å². The van der Waals surface area contributed by atoms with Crippen LogP contribution < -0.4 is 15.4 Å². The first-order valence-corrected chi connectivity index (χ1v) is 6.51. The molecular weight excluding hydrogens is 259 g/mol. The van der Waals surface area contributed by atoms with Gasteiger partial charge in [0.15, 0.2) is 17.7 Å². The number of carbonyl (C=O) groups excluding carboxylic acids is 1. The molecule has 110 valence electrons. The van der Waals surface area contributed by atoms with Crippen molar-refractivity contribution in [1.82, 2.24) is 10.6 Å². The van der Waals surface area contributed by atoms with E-state index in [0.29, 0.717) is 6.54 Å². The highest BCUT2D eigenvalue weighted by atomic mass is 19.1. The fourth-order valence-electron chi connectivity index (χ4n) is 1.61. The summed E-state index contributed by atoms with van der Waals surface area (Å²) in [5, 5.41) is 5.63. The van der Waals surface area contributed by atoms with E-state index in [-0.39, 0.29) is 17.7 Å². The Labute approximate surface area is 119 Å². The normalized spacial score (nSPS) is 13.4. The summed E-state index contributed by atoms with van der Waals surface area (Å²) in [6, 6.07) is 4.76. The minimum absolute atomic E-state index is 0.0480. The molecule has 5 heteroatoms. The highest BCUT2D eigenvalue weighted by Crippen LogP contribution is 2.22. The van der Waals surface area contributed by atoms with Gasteiger partial charge in [-0.15, -0.1) is 6.58 Å². The van der Waals surface area contributed by atoms with Gasteiger partial charge in [-0.25, -0.2) is 4.39 Å². The topological polar surface area (TPSA) is 50.4 Å². The smallest absolute Gasteiger partial charge is 0.261 e. The van der Waals surface area contributed by atoms with E-state index in [2.05, 4.69) is 17.2 Å². The molecule has 0 radical (unpaired) electrons. The summed E-state index contributed by atoms with van der Waals surface area (Å²) < 4.78 is 19.3. The first-order chi connectivity index (χ1) is 9.49. The molecule has 0 aliphatic carbocycles. The molecule has 4 nitrogen and oxygen atoms in total. The Morgan fingerprint density at radius 2 is 2.20 bits per heavy atom. The highest BCUT2D eigenvalue weighted by molar-refractivity contribution is 5.80. The summed E-state index contributed by atoms with van der Waals surface area (Å²) in [5.41, 5.74) is 0.820. The second-order valence-electron chi connectivity index (χ2n) is 4.49. The van der Waals surface area contributed by atoms with E-state index >= 15 is 0 Å². The number of benzene rings is 1. The van der Waals surface area contributed by atoms with Gasteiger partial charge in [-0.1, -0.05) is 12.1 Å². The molecule has 1 aromatic rings. The zero-order valence-electron chi connectivity index (χ0n) is 12.1. The third-order valence-electron chi connectivity index (χ3n) is 2.98. The lowest BCUT2D eigenvalue weighted by Gasteiger charge is -2.16. The molecule has 0 fully saturated rings. The van der Waals surface area contributed by atoms with Crippen LogP contribution in [-0.4, -0.2) is 25.6 Å². The van der Waals surface area contributed by atoms with Crippen LogP contribution in [0, 0.1) is 5.82 Å². The van der Waals surface area contributed by atoms with Crippen LogP contribution in [0.3, 0.4) is 0 Å². The van der Waals surface area contributed by atoms with Gasteiger partial charge in [0.25, 0.3) is 5.91 Å². The first-order valence-electron chi connectivity index (χ1n) is 6.51. The van der Waals surface area contributed by atoms with Crippen LogP contribution in [0.4, 0.5) is 4.39 Å². The highest BCUT2D eigenvalue weighted by Gasteiger charge is 2.16. The quantitative estimate of drug-likeness (QED) is 0.753. The standard InChI is InChI=1S/C15H21FN2O2/c1-5-8-18-15(19)11(3)20-14-7-6-12(9-13(14)16)10(2)17-4/h5-7,9-11,17H,1,8H2,2-4H3,(H,18,19). The summed E-state index contributed by atoms with van der Waals surface area (Å²) in [6.45, 7) is 7.36. The minimum Gasteiger partial charge on any atom is -0.478 e. The van der Waals surface area contributed by atoms with Crippen LogP contribution in [-0.2, 0) is 4.79 Å². The van der Waals surface area contributed by atoms with Crippen LogP contribution in [0.5, 0.6) is 5.75 Å². The molecule has 0 bridgehead atoms. The zero-order valence-corrected chi connectivity index (χ0v) is 12.1. The van der Waals surface area contributed by atoms with Gasteiger partial charge < -0.3 is 15.4 Å². The van der Waals surface area contributed by atoms with Crippen LogP contribution in [0.15, 0.2) is 30.9 Å². The number of hydrogen-bond acceptors (Lipinski definition) is 3. The Kier molecular flexibility index (Phi) is 6.18. The Morgan fingerprint density at radius 3 is 2.75 bits per heavy atom. The second kappa shape index (κ2) is 7.65. The number of rotatable bonds is 7. The van der Waals surface area contributed by atoms with E-state index in [1.165, 1.54) is 12.1 Å². The second-order valence-corrected chi connectivity index (χ2v) is 4.49. The van der Waals surface area contributed by atoms with Crippen molar-refractivity contribution in [3.05, 3.63) is 42.2 Å². The van der Waals surface area contributed by atoms with Gasteiger partial charge in [-0.3, -0.25) is 4.79 Å². The van der Waals surface area contributed by atoms with Crippen molar-refractivity contribution in [3.63, 3.8) is 0 Å². The molecule has 1 aromatic carbocycles. The molecule has 2 N–H and O–H groups in total. The van der Waals surface area contributed by atoms with Gasteiger partial charge in [-0.05, 0) is 38.6 Å². The number of ether oxygens (including phenoxy) is 1. The Balaban J connectivity index is 2.73. The molecule has 0 saturated carbocycles. The molecule has 0 heterocycles. The average Bonchev–Trinajstić information content (AvgIpc) is 2.45. The Bertz CT molecular complexity index is 477. The van der Waals surface area contributed by atoms with Gasteiger partial charge in [0, 0.05) is 12.6 Å². The minimum atomic E-state index is -0.767. The van der Waals surface area contributed by atoms with Crippen molar-refractivity contribution >= 4 is 5.91 Å². The number of hydrogen-bond donors (Lipinski definition) is 2. The summed E-state index contributed by atoms with van der Waals surface area (Å²) >= 11 is 0. The predicted octanol–water partition coefficient (Wildman–Crippen LogP) is 2.18. The van der Waals surface area contributed by atoms with Crippen molar-refractivity contribution in [2.75, 3.05) is 13.6 Å². The predicted molar refractivity (Wildman–Crippen MR) is 77.2 cm³/mol. The summed E-state index contributed by atoms with van der Waals surface area (Å²) in [5.74, 6) is -0.719. The van der Waals surface area contributed by atoms with Crippen molar-refractivity contribution in [2.45, 2.75) is 26.0 Å². The van der Waals surface area contributed by atoms with Gasteiger partial charge in [0.05, 0.1) is 0 Å². The molecule has 0 spiro atoms. The van der Waals surface area contributed by atoms with Crippen LogP contribution >= 0.6 is 0 Å². The van der Waals surface area contributed by atoms with Crippen molar-refractivity contribution in [2.24, 2.45) is 0 Å². The van der Waals surface area contributed by atoms with E-state index in [0.717, 1.165) is 5.56 Å². The molecule has 20 heavy (non-hydrogen) atoms. The van der Waals surface area contributed by atoms with Crippen LogP contribution in [0.25, 0.3) is 0 Å². The first kappa shape index (κ1) is 16.2. The van der Waals surface area contributed by atoms with E-state index in [1.54, 1.807) is 26.1 Å². The molecule has 1 rings (SSSR count). The average molecular weight is 280 g/mol. The fraction of sp³-hybridized carbons (Fsp3) is 0.400. The molecule has 2 atom stereocenters. The summed E-state index contributed by atoms with van der Waals surface area (Å²) in [6.07, 6.45) is 0.802. The largest absolute Gasteiger partial charge is 0.478 e. The third kappa shape index (κ3) is 4.35. The summed E-state index contributed by atoms with van der Waals surface area (Å²) in [7, 11) is 1.80. The molecule has 0 saturated heterocycles. The van der Waals surface area contributed by atoms with Crippen molar-refractivity contribution in [1.29, 1.82) is 0 Å². The lowest BCUT2D eigenvalue weighted by atomic mass is 10.1. The van der Waals surface area contributed by atoms with E-state index in [9.17, 15) is 9.18 Å². The van der Waals surface area contributed by atoms with Crippen LogP contribution in [0.2, 0.25) is 0 Å². The van der Waals surface area contributed by atoms with E-state index in [1.807, 2.05) is 6.92 Å². The molecule has 0 aliphatic rings. The van der Waals surface area contributed by atoms with Crippen LogP contribution in [0.1, 0.15) is 25.5 Å². The number of amides is 1. The molecule has 2 unspecified atom stereocenters. The number of halogens is 1. The van der Waals surface area contributed by atoms with Crippen molar-refractivity contribution < 1.29 is 13.9 Å². The maximum absolute atomic E-state index is 13.9.